The van der Waals surface area contributed by atoms with Crippen molar-refractivity contribution in [2.24, 2.45) is 0 Å². The zero-order chi connectivity index (χ0) is 10.9. The molecule has 0 spiro atoms. The lowest BCUT2D eigenvalue weighted by atomic mass is 10.4. The number of anilines is 2. The van der Waals surface area contributed by atoms with Crippen molar-refractivity contribution in [2.45, 2.75) is 34.4 Å². The van der Waals surface area contributed by atoms with Crippen LogP contribution in [0.2, 0.25) is 0 Å². The zero-order valence-electron chi connectivity index (χ0n) is 8.28. The van der Waals surface area contributed by atoms with E-state index >= 15 is 0 Å². The van der Waals surface area contributed by atoms with Crippen molar-refractivity contribution in [1.29, 1.82) is 0 Å². The van der Waals surface area contributed by atoms with E-state index in [9.17, 15) is 9.59 Å². The number of rotatable bonds is 2. The summed E-state index contributed by atoms with van der Waals surface area (Å²) < 4.78 is 2.34. The van der Waals surface area contributed by atoms with Gasteiger partial charge in [0.25, 0.3) is 5.56 Å². The largest absolute Gasteiger partial charge is 0.391 e. The van der Waals surface area contributed by atoms with Crippen molar-refractivity contribution >= 4 is 11.5 Å². The van der Waals surface area contributed by atoms with Gasteiger partial charge in [-0.15, -0.1) is 0 Å². The molecule has 0 atom stereocenters. The first-order valence-electron chi connectivity index (χ1n) is 4.43. The Morgan fingerprint density at radius 3 is 1.93 bits per heavy atom. The molecule has 0 amide bonds. The molecule has 1 rings (SSSR count). The Morgan fingerprint density at radius 2 is 1.53 bits per heavy atom. The number of hydrogen-bond donors (Lipinski definition) is 2. The minimum Gasteiger partial charge on any atom is -0.391 e. The molecule has 6 heteroatoms. The van der Waals surface area contributed by atoms with Crippen LogP contribution in [-0.2, 0) is 13.1 Å². The lowest BCUT2D eigenvalue weighted by Crippen LogP contribution is -2.41. The SMILES string of the molecule is C.CCn1c(N)c(N)c(=O)n(CC)c1=O. The van der Waals surface area contributed by atoms with Crippen LogP contribution in [0.25, 0.3) is 0 Å². The second kappa shape index (κ2) is 4.68. The van der Waals surface area contributed by atoms with Gasteiger partial charge in [0.05, 0.1) is 0 Å². The first-order valence-corrected chi connectivity index (χ1v) is 4.43. The highest BCUT2D eigenvalue weighted by Crippen LogP contribution is 2.04. The number of aromatic nitrogens is 2. The van der Waals surface area contributed by atoms with Crippen molar-refractivity contribution < 1.29 is 0 Å². The number of nitrogens with zero attached hydrogens (tertiary/aromatic N) is 2. The predicted molar refractivity (Wildman–Crippen MR) is 61.9 cm³/mol. The van der Waals surface area contributed by atoms with Crippen LogP contribution in [0, 0.1) is 0 Å². The zero-order valence-corrected chi connectivity index (χ0v) is 8.28. The number of nitrogen functional groups attached to an aromatic ring is 2. The summed E-state index contributed by atoms with van der Waals surface area (Å²) in [5.74, 6) is 0.0483. The van der Waals surface area contributed by atoms with E-state index in [4.69, 9.17) is 11.5 Å². The van der Waals surface area contributed by atoms with Gasteiger partial charge in [-0.2, -0.15) is 0 Å². The molecule has 1 heterocycles. The molecule has 15 heavy (non-hydrogen) atoms. The van der Waals surface area contributed by atoms with Gasteiger partial charge >= 0.3 is 5.69 Å². The van der Waals surface area contributed by atoms with Gasteiger partial charge in [-0.3, -0.25) is 13.9 Å². The summed E-state index contributed by atoms with van der Waals surface area (Å²) in [6.07, 6.45) is 0. The maximum absolute atomic E-state index is 11.6. The Morgan fingerprint density at radius 1 is 1.07 bits per heavy atom. The third kappa shape index (κ3) is 1.88. The molecular weight excluding hydrogens is 196 g/mol. The summed E-state index contributed by atoms with van der Waals surface area (Å²) in [4.78, 5) is 23.1. The molecule has 1 aromatic heterocycles. The summed E-state index contributed by atoms with van der Waals surface area (Å²) in [6.45, 7) is 4.16. The molecule has 0 saturated heterocycles. The number of nitrogens with two attached hydrogens (primary N) is 2. The van der Waals surface area contributed by atoms with E-state index in [1.807, 2.05) is 0 Å². The molecule has 1 aromatic rings. The van der Waals surface area contributed by atoms with E-state index in [1.54, 1.807) is 13.8 Å². The van der Waals surface area contributed by atoms with Gasteiger partial charge in [0.15, 0.2) is 0 Å². The maximum atomic E-state index is 11.6. The maximum Gasteiger partial charge on any atom is 0.332 e. The predicted octanol–water partition coefficient (Wildman–Crippen LogP) is -0.150. The third-order valence-corrected chi connectivity index (χ3v) is 2.14. The van der Waals surface area contributed by atoms with Crippen LogP contribution < -0.4 is 22.7 Å². The van der Waals surface area contributed by atoms with Gasteiger partial charge < -0.3 is 11.5 Å². The van der Waals surface area contributed by atoms with Gasteiger partial charge in [-0.25, -0.2) is 4.79 Å². The van der Waals surface area contributed by atoms with E-state index < -0.39 is 11.2 Å². The van der Waals surface area contributed by atoms with Crippen LogP contribution in [0.15, 0.2) is 9.59 Å². The minimum atomic E-state index is -0.514. The first kappa shape index (κ1) is 13.3. The fraction of sp³-hybridized carbons (Fsp3) is 0.556. The van der Waals surface area contributed by atoms with Crippen LogP contribution in [-0.4, -0.2) is 9.13 Å². The molecular formula is C9H18N4O2. The molecule has 0 aromatic carbocycles. The van der Waals surface area contributed by atoms with Crippen LogP contribution in [0.5, 0.6) is 0 Å². The normalized spacial score (nSPS) is 9.73. The van der Waals surface area contributed by atoms with Gasteiger partial charge in [-0.05, 0) is 13.8 Å². The summed E-state index contributed by atoms with van der Waals surface area (Å²) in [6, 6.07) is 0. The highest BCUT2D eigenvalue weighted by Gasteiger charge is 2.11. The molecule has 6 nitrogen and oxygen atoms in total. The van der Waals surface area contributed by atoms with Crippen molar-refractivity contribution in [2.75, 3.05) is 11.5 Å². The Bertz CT molecular complexity index is 458. The molecule has 0 saturated carbocycles. The van der Waals surface area contributed by atoms with E-state index in [1.165, 1.54) is 4.57 Å². The van der Waals surface area contributed by atoms with Gasteiger partial charge in [0.1, 0.15) is 11.5 Å². The van der Waals surface area contributed by atoms with Crippen molar-refractivity contribution in [3.05, 3.63) is 20.8 Å². The van der Waals surface area contributed by atoms with Gasteiger partial charge in [-0.1, -0.05) is 7.43 Å². The summed E-state index contributed by atoms with van der Waals surface area (Å²) in [5, 5.41) is 0. The van der Waals surface area contributed by atoms with Crippen molar-refractivity contribution in [3.8, 4) is 0 Å². The van der Waals surface area contributed by atoms with Crippen molar-refractivity contribution in [3.63, 3.8) is 0 Å². The Labute approximate surface area is 88.1 Å². The Balaban J connectivity index is 0.00000196. The fourth-order valence-corrected chi connectivity index (χ4v) is 1.32. The molecule has 4 N–H and O–H groups in total. The fourth-order valence-electron chi connectivity index (χ4n) is 1.32. The lowest BCUT2D eigenvalue weighted by molar-refractivity contribution is 0.597. The first-order chi connectivity index (χ1) is 6.54. The average molecular weight is 214 g/mol. The summed E-state index contributed by atoms with van der Waals surface area (Å²) >= 11 is 0. The van der Waals surface area contributed by atoms with Crippen LogP contribution >= 0.6 is 0 Å². The van der Waals surface area contributed by atoms with Gasteiger partial charge in [0.2, 0.25) is 0 Å². The molecule has 0 bridgehead atoms. The second-order valence-corrected chi connectivity index (χ2v) is 2.88. The molecule has 0 aliphatic rings. The highest BCUT2D eigenvalue weighted by molar-refractivity contribution is 5.56. The van der Waals surface area contributed by atoms with Crippen molar-refractivity contribution in [1.82, 2.24) is 9.13 Å². The molecule has 86 valence electrons. The van der Waals surface area contributed by atoms with E-state index in [0.717, 1.165) is 4.57 Å². The summed E-state index contributed by atoms with van der Waals surface area (Å²) in [5.41, 5.74) is 10.0. The molecule has 0 aliphatic carbocycles. The van der Waals surface area contributed by atoms with Crippen LogP contribution in [0.4, 0.5) is 11.5 Å². The smallest absolute Gasteiger partial charge is 0.332 e. The summed E-state index contributed by atoms with van der Waals surface area (Å²) in [7, 11) is 0. The highest BCUT2D eigenvalue weighted by atomic mass is 16.2. The third-order valence-electron chi connectivity index (χ3n) is 2.14. The molecule has 0 unspecified atom stereocenters. The average Bonchev–Trinajstić information content (AvgIpc) is 2.16. The molecule has 0 aliphatic heterocycles. The van der Waals surface area contributed by atoms with Gasteiger partial charge in [0, 0.05) is 13.1 Å². The van der Waals surface area contributed by atoms with E-state index in [0.29, 0.717) is 13.1 Å². The molecule has 0 radical (unpaired) electrons. The Hall–Kier alpha value is -1.72. The van der Waals surface area contributed by atoms with E-state index in [-0.39, 0.29) is 18.9 Å². The second-order valence-electron chi connectivity index (χ2n) is 2.88. The monoisotopic (exact) mass is 214 g/mol. The Kier molecular flexibility index (Phi) is 4.14. The molecule has 0 fully saturated rings. The van der Waals surface area contributed by atoms with Crippen LogP contribution in [0.3, 0.4) is 0 Å². The lowest BCUT2D eigenvalue weighted by Gasteiger charge is -2.11. The number of hydrogen-bond acceptors (Lipinski definition) is 4. The minimum absolute atomic E-state index is 0. The standard InChI is InChI=1S/C8H14N4O2.CH4/c1-3-11-6(10)5(9)7(13)12(4-2)8(11)14;/h3-4,9-10H2,1-2H3;1H4. The van der Waals surface area contributed by atoms with E-state index in [2.05, 4.69) is 0 Å². The topological polar surface area (TPSA) is 96.0 Å². The van der Waals surface area contributed by atoms with Crippen LogP contribution in [0.1, 0.15) is 21.3 Å². The quantitative estimate of drug-likeness (QED) is 0.715.